The zero-order valence-electron chi connectivity index (χ0n) is 11.3. The van der Waals surface area contributed by atoms with Crippen LogP contribution in [0.15, 0.2) is 24.3 Å². The predicted molar refractivity (Wildman–Crippen MR) is 72.3 cm³/mol. The van der Waals surface area contributed by atoms with Gasteiger partial charge in [-0.1, -0.05) is 19.1 Å². The summed E-state index contributed by atoms with van der Waals surface area (Å²) < 4.78 is 5.09. The number of carbonyl (C=O) groups is 1. The number of benzene rings is 1. The van der Waals surface area contributed by atoms with Gasteiger partial charge in [-0.2, -0.15) is 0 Å². The number of carbonyl (C=O) groups excluding carboxylic acids is 1. The average molecular weight is 250 g/mol. The number of ether oxygens (including phenoxy) is 1. The monoisotopic (exact) mass is 250 g/mol. The first-order chi connectivity index (χ1) is 8.56. The molecule has 0 fully saturated rings. The van der Waals surface area contributed by atoms with Crippen LogP contribution in [-0.2, 0) is 11.3 Å². The molecule has 2 N–H and O–H groups in total. The summed E-state index contributed by atoms with van der Waals surface area (Å²) in [5.41, 5.74) is 6.61. The predicted octanol–water partition coefficient (Wildman–Crippen LogP) is 1.64. The largest absolute Gasteiger partial charge is 0.497 e. The second kappa shape index (κ2) is 7.01. The maximum Gasteiger partial charge on any atom is 0.222 e. The van der Waals surface area contributed by atoms with Gasteiger partial charge in [0.05, 0.1) is 7.11 Å². The SMILES string of the molecule is COc1ccc(CN(C)C(=O)CC(C)CN)cc1. The Morgan fingerprint density at radius 3 is 2.50 bits per heavy atom. The molecule has 0 aromatic heterocycles. The minimum absolute atomic E-state index is 0.128. The molecule has 0 heterocycles. The second-order valence-electron chi connectivity index (χ2n) is 4.64. The van der Waals surface area contributed by atoms with E-state index in [9.17, 15) is 4.79 Å². The highest BCUT2D eigenvalue weighted by atomic mass is 16.5. The minimum Gasteiger partial charge on any atom is -0.497 e. The summed E-state index contributed by atoms with van der Waals surface area (Å²) in [7, 11) is 3.45. The molecular formula is C14H22N2O2. The van der Waals surface area contributed by atoms with Crippen LogP contribution in [-0.4, -0.2) is 31.5 Å². The lowest BCUT2D eigenvalue weighted by atomic mass is 10.1. The van der Waals surface area contributed by atoms with Gasteiger partial charge in [-0.25, -0.2) is 0 Å². The van der Waals surface area contributed by atoms with Gasteiger partial charge in [0.1, 0.15) is 5.75 Å². The van der Waals surface area contributed by atoms with Crippen molar-refractivity contribution in [2.24, 2.45) is 11.7 Å². The molecule has 0 aliphatic heterocycles. The van der Waals surface area contributed by atoms with Crippen LogP contribution in [0, 0.1) is 5.92 Å². The third-order valence-corrected chi connectivity index (χ3v) is 2.93. The fourth-order valence-corrected chi connectivity index (χ4v) is 1.63. The third kappa shape index (κ3) is 4.37. The van der Waals surface area contributed by atoms with Crippen LogP contribution in [0.1, 0.15) is 18.9 Å². The summed E-state index contributed by atoms with van der Waals surface area (Å²) in [6.07, 6.45) is 0.503. The highest BCUT2D eigenvalue weighted by Gasteiger charge is 2.12. The van der Waals surface area contributed by atoms with Crippen LogP contribution >= 0.6 is 0 Å². The van der Waals surface area contributed by atoms with E-state index < -0.39 is 0 Å². The number of amides is 1. The van der Waals surface area contributed by atoms with Gasteiger partial charge in [0.25, 0.3) is 0 Å². The van der Waals surface area contributed by atoms with E-state index in [1.54, 1.807) is 12.0 Å². The Hall–Kier alpha value is -1.55. The van der Waals surface area contributed by atoms with E-state index in [2.05, 4.69) is 0 Å². The van der Waals surface area contributed by atoms with Gasteiger partial charge < -0.3 is 15.4 Å². The fourth-order valence-electron chi connectivity index (χ4n) is 1.63. The van der Waals surface area contributed by atoms with Crippen LogP contribution < -0.4 is 10.5 Å². The van der Waals surface area contributed by atoms with E-state index in [4.69, 9.17) is 10.5 Å². The second-order valence-corrected chi connectivity index (χ2v) is 4.64. The first-order valence-corrected chi connectivity index (χ1v) is 6.13. The van der Waals surface area contributed by atoms with Gasteiger partial charge in [0.15, 0.2) is 0 Å². The summed E-state index contributed by atoms with van der Waals surface area (Å²) in [6.45, 7) is 3.14. The Labute approximate surface area is 109 Å². The van der Waals surface area contributed by atoms with Crippen LogP contribution in [0.4, 0.5) is 0 Å². The molecule has 4 nitrogen and oxygen atoms in total. The van der Waals surface area contributed by atoms with Crippen molar-refractivity contribution in [3.8, 4) is 5.75 Å². The zero-order valence-corrected chi connectivity index (χ0v) is 11.3. The van der Waals surface area contributed by atoms with E-state index in [-0.39, 0.29) is 11.8 Å². The number of methoxy groups -OCH3 is 1. The molecule has 1 unspecified atom stereocenters. The molecule has 18 heavy (non-hydrogen) atoms. The number of nitrogens with zero attached hydrogens (tertiary/aromatic N) is 1. The Bertz CT molecular complexity index is 376. The Kier molecular flexibility index (Phi) is 5.65. The van der Waals surface area contributed by atoms with Gasteiger partial charge in [-0.05, 0) is 30.2 Å². The highest BCUT2D eigenvalue weighted by Crippen LogP contribution is 2.13. The third-order valence-electron chi connectivity index (χ3n) is 2.93. The van der Waals surface area contributed by atoms with Crippen LogP contribution in [0.5, 0.6) is 5.75 Å². The normalized spacial score (nSPS) is 12.0. The Morgan fingerprint density at radius 2 is 2.00 bits per heavy atom. The molecule has 0 radical (unpaired) electrons. The first kappa shape index (κ1) is 14.5. The topological polar surface area (TPSA) is 55.6 Å². The smallest absolute Gasteiger partial charge is 0.222 e. The van der Waals surface area contributed by atoms with Gasteiger partial charge in [0, 0.05) is 20.0 Å². The van der Waals surface area contributed by atoms with Gasteiger partial charge in [0.2, 0.25) is 5.91 Å². The molecule has 0 aliphatic rings. The van der Waals surface area contributed by atoms with Crippen molar-refractivity contribution in [2.45, 2.75) is 19.9 Å². The van der Waals surface area contributed by atoms with Gasteiger partial charge >= 0.3 is 0 Å². The maximum atomic E-state index is 11.9. The Balaban J connectivity index is 2.52. The van der Waals surface area contributed by atoms with Crippen molar-refractivity contribution in [1.82, 2.24) is 4.90 Å². The molecule has 0 saturated carbocycles. The molecule has 4 heteroatoms. The Morgan fingerprint density at radius 1 is 1.39 bits per heavy atom. The van der Waals surface area contributed by atoms with Crippen LogP contribution in [0.2, 0.25) is 0 Å². The molecular weight excluding hydrogens is 228 g/mol. The molecule has 0 saturated heterocycles. The first-order valence-electron chi connectivity index (χ1n) is 6.13. The lowest BCUT2D eigenvalue weighted by Crippen LogP contribution is -2.29. The van der Waals surface area contributed by atoms with Crippen molar-refractivity contribution in [3.63, 3.8) is 0 Å². The fraction of sp³-hybridized carbons (Fsp3) is 0.500. The summed E-state index contributed by atoms with van der Waals surface area (Å²) in [4.78, 5) is 13.6. The lowest BCUT2D eigenvalue weighted by Gasteiger charge is -2.19. The van der Waals surface area contributed by atoms with E-state index in [0.29, 0.717) is 19.5 Å². The van der Waals surface area contributed by atoms with E-state index in [0.717, 1.165) is 11.3 Å². The summed E-state index contributed by atoms with van der Waals surface area (Å²) in [5, 5.41) is 0. The number of rotatable bonds is 6. The van der Waals surface area contributed by atoms with Crippen molar-refractivity contribution < 1.29 is 9.53 Å². The molecule has 1 aromatic rings. The lowest BCUT2D eigenvalue weighted by molar-refractivity contribution is -0.131. The highest BCUT2D eigenvalue weighted by molar-refractivity contribution is 5.76. The molecule has 1 rings (SSSR count). The summed E-state index contributed by atoms with van der Waals surface area (Å²) in [5.74, 6) is 1.18. The molecule has 1 atom stereocenters. The van der Waals surface area contributed by atoms with Crippen LogP contribution in [0.3, 0.4) is 0 Å². The quantitative estimate of drug-likeness (QED) is 0.835. The van der Waals surface area contributed by atoms with Crippen molar-refractivity contribution in [2.75, 3.05) is 20.7 Å². The molecule has 0 spiro atoms. The molecule has 100 valence electrons. The molecule has 1 aromatic carbocycles. The van der Waals surface area contributed by atoms with Crippen LogP contribution in [0.25, 0.3) is 0 Å². The standard InChI is InChI=1S/C14H22N2O2/c1-11(9-15)8-14(17)16(2)10-12-4-6-13(18-3)7-5-12/h4-7,11H,8-10,15H2,1-3H3. The molecule has 1 amide bonds. The average Bonchev–Trinajstić information content (AvgIpc) is 2.39. The van der Waals surface area contributed by atoms with Gasteiger partial charge in [-0.3, -0.25) is 4.79 Å². The zero-order chi connectivity index (χ0) is 13.5. The van der Waals surface area contributed by atoms with Crippen molar-refractivity contribution in [1.29, 1.82) is 0 Å². The summed E-state index contributed by atoms with van der Waals surface area (Å²) >= 11 is 0. The van der Waals surface area contributed by atoms with Crippen molar-refractivity contribution >= 4 is 5.91 Å². The maximum absolute atomic E-state index is 11.9. The molecule has 0 bridgehead atoms. The van der Waals surface area contributed by atoms with E-state index in [1.165, 1.54) is 0 Å². The minimum atomic E-state index is 0.128. The number of nitrogens with two attached hydrogens (primary N) is 1. The summed E-state index contributed by atoms with van der Waals surface area (Å²) in [6, 6.07) is 7.73. The number of hydrogen-bond donors (Lipinski definition) is 1. The van der Waals surface area contributed by atoms with Gasteiger partial charge in [-0.15, -0.1) is 0 Å². The number of hydrogen-bond acceptors (Lipinski definition) is 3. The molecule has 0 aliphatic carbocycles. The van der Waals surface area contributed by atoms with E-state index in [1.807, 2.05) is 38.2 Å². The van der Waals surface area contributed by atoms with Crippen molar-refractivity contribution in [3.05, 3.63) is 29.8 Å². The van der Waals surface area contributed by atoms with E-state index >= 15 is 0 Å².